The van der Waals surface area contributed by atoms with E-state index in [0.717, 1.165) is 19.5 Å². The SMILES string of the molecule is CC(SS)C(=O)NC[C@@H]1C[C@@H](CN)CN1. The van der Waals surface area contributed by atoms with Crippen molar-refractivity contribution in [2.24, 2.45) is 11.7 Å². The summed E-state index contributed by atoms with van der Waals surface area (Å²) in [6.07, 6.45) is 1.05. The van der Waals surface area contributed by atoms with Gasteiger partial charge < -0.3 is 16.4 Å². The lowest BCUT2D eigenvalue weighted by Gasteiger charge is -2.13. The summed E-state index contributed by atoms with van der Waals surface area (Å²) in [7, 11) is 1.26. The number of carbonyl (C=O) groups excluding carboxylic acids is 1. The highest BCUT2D eigenvalue weighted by molar-refractivity contribution is 8.69. The molecule has 0 aliphatic carbocycles. The third-order valence-corrected chi connectivity index (χ3v) is 4.18. The number of hydrogen-bond donors (Lipinski definition) is 4. The molecule has 0 radical (unpaired) electrons. The molecule has 1 unspecified atom stereocenters. The highest BCUT2D eigenvalue weighted by Gasteiger charge is 2.23. The van der Waals surface area contributed by atoms with E-state index in [2.05, 4.69) is 22.3 Å². The van der Waals surface area contributed by atoms with Gasteiger partial charge in [0.2, 0.25) is 5.91 Å². The van der Waals surface area contributed by atoms with Crippen molar-refractivity contribution in [3.05, 3.63) is 0 Å². The van der Waals surface area contributed by atoms with Gasteiger partial charge in [-0.05, 0) is 32.4 Å². The second-order valence-electron chi connectivity index (χ2n) is 3.94. The van der Waals surface area contributed by atoms with E-state index in [0.29, 0.717) is 18.5 Å². The summed E-state index contributed by atoms with van der Waals surface area (Å²) in [4.78, 5) is 11.4. The van der Waals surface area contributed by atoms with Crippen molar-refractivity contribution in [3.8, 4) is 0 Å². The van der Waals surface area contributed by atoms with Gasteiger partial charge >= 0.3 is 0 Å². The molecule has 1 saturated heterocycles. The predicted molar refractivity (Wildman–Crippen MR) is 68.0 cm³/mol. The standard InChI is InChI=1S/C9H19N3OS2/c1-6(15-14)9(13)12-5-8-2-7(3-10)4-11-8/h6-8,11,14H,2-5,10H2,1H3,(H,12,13)/t6?,7-,8-/m0/s1. The van der Waals surface area contributed by atoms with Gasteiger partial charge in [0.05, 0.1) is 5.25 Å². The zero-order valence-electron chi connectivity index (χ0n) is 8.90. The van der Waals surface area contributed by atoms with Crippen molar-refractivity contribution in [1.82, 2.24) is 10.6 Å². The van der Waals surface area contributed by atoms with Crippen LogP contribution in [-0.2, 0) is 4.79 Å². The summed E-state index contributed by atoms with van der Waals surface area (Å²) in [5, 5.41) is 6.16. The number of amides is 1. The van der Waals surface area contributed by atoms with Crippen LogP contribution in [0.25, 0.3) is 0 Å². The average Bonchev–Trinajstić information content (AvgIpc) is 2.72. The summed E-state index contributed by atoms with van der Waals surface area (Å²) < 4.78 is 0. The van der Waals surface area contributed by atoms with Gasteiger partial charge in [-0.1, -0.05) is 10.8 Å². The molecular weight excluding hydrogens is 230 g/mol. The molecule has 4 N–H and O–H groups in total. The molecule has 3 atom stereocenters. The predicted octanol–water partition coefficient (Wildman–Crippen LogP) is 0.00590. The molecule has 1 amide bonds. The van der Waals surface area contributed by atoms with Crippen LogP contribution in [0.15, 0.2) is 0 Å². The van der Waals surface area contributed by atoms with Gasteiger partial charge in [-0.25, -0.2) is 0 Å². The molecule has 0 aromatic carbocycles. The first-order valence-corrected chi connectivity index (χ1v) is 7.12. The van der Waals surface area contributed by atoms with Gasteiger partial charge in [-0.2, -0.15) is 0 Å². The van der Waals surface area contributed by atoms with Gasteiger partial charge in [0.25, 0.3) is 0 Å². The molecule has 0 aromatic heterocycles. The number of carbonyl (C=O) groups is 1. The van der Waals surface area contributed by atoms with Crippen LogP contribution in [0.3, 0.4) is 0 Å². The van der Waals surface area contributed by atoms with Crippen LogP contribution in [0.1, 0.15) is 13.3 Å². The molecule has 0 aromatic rings. The van der Waals surface area contributed by atoms with Crippen molar-refractivity contribution < 1.29 is 4.79 Å². The van der Waals surface area contributed by atoms with E-state index in [1.165, 1.54) is 10.8 Å². The molecule has 0 spiro atoms. The Hall–Kier alpha value is 0.0900. The Labute approximate surface area is 99.9 Å². The van der Waals surface area contributed by atoms with Crippen molar-refractivity contribution in [2.75, 3.05) is 19.6 Å². The lowest BCUT2D eigenvalue weighted by Crippen LogP contribution is -2.40. The van der Waals surface area contributed by atoms with Crippen LogP contribution in [0.4, 0.5) is 0 Å². The number of thiol groups is 1. The average molecular weight is 249 g/mol. The van der Waals surface area contributed by atoms with Crippen LogP contribution < -0.4 is 16.4 Å². The summed E-state index contributed by atoms with van der Waals surface area (Å²) in [6, 6.07) is 0.375. The minimum atomic E-state index is -0.0972. The Balaban J connectivity index is 2.18. The number of nitrogens with two attached hydrogens (primary N) is 1. The summed E-state index contributed by atoms with van der Waals surface area (Å²) in [5.74, 6) is 0.608. The van der Waals surface area contributed by atoms with Crippen LogP contribution in [0, 0.1) is 5.92 Å². The topological polar surface area (TPSA) is 67.2 Å². The molecule has 1 heterocycles. The number of rotatable bonds is 5. The molecule has 88 valence electrons. The van der Waals surface area contributed by atoms with Crippen molar-refractivity contribution in [1.29, 1.82) is 0 Å². The lowest BCUT2D eigenvalue weighted by molar-refractivity contribution is -0.120. The van der Waals surface area contributed by atoms with E-state index in [9.17, 15) is 4.79 Å². The zero-order valence-corrected chi connectivity index (χ0v) is 10.6. The summed E-state index contributed by atoms with van der Waals surface area (Å²) >= 11 is 4.01. The molecule has 0 saturated carbocycles. The fraction of sp³-hybridized carbons (Fsp3) is 0.889. The monoisotopic (exact) mass is 249 g/mol. The van der Waals surface area contributed by atoms with Gasteiger partial charge in [0.15, 0.2) is 0 Å². The Morgan fingerprint density at radius 2 is 2.53 bits per heavy atom. The van der Waals surface area contributed by atoms with Gasteiger partial charge in [0.1, 0.15) is 0 Å². The number of nitrogens with one attached hydrogen (secondary N) is 2. The van der Waals surface area contributed by atoms with Crippen LogP contribution >= 0.6 is 22.5 Å². The molecule has 1 rings (SSSR count). The first kappa shape index (κ1) is 13.2. The molecule has 1 aliphatic heterocycles. The Morgan fingerprint density at radius 1 is 1.80 bits per heavy atom. The maximum atomic E-state index is 11.4. The van der Waals surface area contributed by atoms with E-state index in [1.54, 1.807) is 0 Å². The first-order valence-electron chi connectivity index (χ1n) is 5.18. The maximum absolute atomic E-state index is 11.4. The highest BCUT2D eigenvalue weighted by atomic mass is 33.1. The van der Waals surface area contributed by atoms with Crippen LogP contribution in [0.5, 0.6) is 0 Å². The molecule has 4 nitrogen and oxygen atoms in total. The van der Waals surface area contributed by atoms with Crippen molar-refractivity contribution in [3.63, 3.8) is 0 Å². The number of hydrogen-bond acceptors (Lipinski definition) is 5. The highest BCUT2D eigenvalue weighted by Crippen LogP contribution is 2.15. The van der Waals surface area contributed by atoms with Gasteiger partial charge in [0, 0.05) is 12.6 Å². The summed E-state index contributed by atoms with van der Waals surface area (Å²) in [6.45, 7) is 4.22. The van der Waals surface area contributed by atoms with Crippen LogP contribution in [-0.4, -0.2) is 36.8 Å². The molecular formula is C9H19N3OS2. The Morgan fingerprint density at radius 3 is 3.07 bits per heavy atom. The smallest absolute Gasteiger partial charge is 0.233 e. The van der Waals surface area contributed by atoms with E-state index in [-0.39, 0.29) is 11.2 Å². The second-order valence-corrected chi connectivity index (χ2v) is 5.49. The molecule has 15 heavy (non-hydrogen) atoms. The summed E-state index contributed by atoms with van der Waals surface area (Å²) in [5.41, 5.74) is 5.58. The normalized spacial score (nSPS) is 27.7. The fourth-order valence-corrected chi connectivity index (χ4v) is 2.12. The van der Waals surface area contributed by atoms with E-state index < -0.39 is 0 Å². The molecule has 0 bridgehead atoms. The minimum Gasteiger partial charge on any atom is -0.354 e. The molecule has 1 aliphatic rings. The zero-order chi connectivity index (χ0) is 11.3. The van der Waals surface area contributed by atoms with Gasteiger partial charge in [-0.15, -0.1) is 11.7 Å². The maximum Gasteiger partial charge on any atom is 0.233 e. The fourth-order valence-electron chi connectivity index (χ4n) is 1.65. The molecule has 1 fully saturated rings. The Kier molecular flexibility index (Phi) is 5.81. The first-order chi connectivity index (χ1) is 7.17. The largest absolute Gasteiger partial charge is 0.354 e. The van der Waals surface area contributed by atoms with E-state index in [4.69, 9.17) is 5.73 Å². The Bertz CT molecular complexity index is 216. The lowest BCUT2D eigenvalue weighted by atomic mass is 10.1. The molecule has 6 heteroatoms. The third-order valence-electron chi connectivity index (χ3n) is 2.70. The van der Waals surface area contributed by atoms with Crippen LogP contribution in [0.2, 0.25) is 0 Å². The van der Waals surface area contributed by atoms with E-state index in [1.807, 2.05) is 6.92 Å². The quantitative estimate of drug-likeness (QED) is 0.409. The van der Waals surface area contributed by atoms with E-state index >= 15 is 0 Å². The van der Waals surface area contributed by atoms with Crippen molar-refractivity contribution >= 4 is 28.4 Å². The minimum absolute atomic E-state index is 0.0491. The van der Waals surface area contributed by atoms with Crippen molar-refractivity contribution in [2.45, 2.75) is 24.6 Å². The van der Waals surface area contributed by atoms with Gasteiger partial charge in [-0.3, -0.25) is 4.79 Å². The second kappa shape index (κ2) is 6.62. The third kappa shape index (κ3) is 4.22.